The quantitative estimate of drug-likeness (QED) is 0.936. The average molecular weight is 275 g/mol. The molecule has 0 aliphatic heterocycles. The molecule has 1 unspecified atom stereocenters. The summed E-state index contributed by atoms with van der Waals surface area (Å²) in [6.45, 7) is 0. The molecular weight excluding hydrogens is 258 g/mol. The second-order valence-electron chi connectivity index (χ2n) is 4.85. The van der Waals surface area contributed by atoms with E-state index in [2.05, 4.69) is 11.1 Å². The van der Waals surface area contributed by atoms with Crippen LogP contribution in [0.25, 0.3) is 0 Å². The van der Waals surface area contributed by atoms with Crippen molar-refractivity contribution in [3.05, 3.63) is 45.4 Å². The maximum atomic E-state index is 9.97. The highest BCUT2D eigenvalue weighted by molar-refractivity contribution is 7.11. The SMILES string of the molecule is COc1cccc(Cc2nc3c(s2)C(O)CCC3)c1. The molecule has 0 bridgehead atoms. The predicted molar refractivity (Wildman–Crippen MR) is 75.8 cm³/mol. The molecule has 0 spiro atoms. The molecule has 4 heteroatoms. The first-order valence-electron chi connectivity index (χ1n) is 6.55. The van der Waals surface area contributed by atoms with E-state index in [0.29, 0.717) is 0 Å². The van der Waals surface area contributed by atoms with Gasteiger partial charge in [0.1, 0.15) is 5.75 Å². The van der Waals surface area contributed by atoms with Crippen molar-refractivity contribution in [3.63, 3.8) is 0 Å². The van der Waals surface area contributed by atoms with Crippen LogP contribution in [0.3, 0.4) is 0 Å². The van der Waals surface area contributed by atoms with Gasteiger partial charge in [-0.2, -0.15) is 0 Å². The third kappa shape index (κ3) is 2.65. The normalized spacial score (nSPS) is 18.1. The van der Waals surface area contributed by atoms with Crippen LogP contribution in [-0.4, -0.2) is 17.2 Å². The van der Waals surface area contributed by atoms with Gasteiger partial charge in [0.15, 0.2) is 0 Å². The Morgan fingerprint density at radius 1 is 1.47 bits per heavy atom. The van der Waals surface area contributed by atoms with Crippen LogP contribution in [0.4, 0.5) is 0 Å². The molecule has 0 saturated carbocycles. The zero-order valence-electron chi connectivity index (χ0n) is 10.9. The molecule has 1 atom stereocenters. The van der Waals surface area contributed by atoms with Crippen LogP contribution in [0, 0.1) is 0 Å². The topological polar surface area (TPSA) is 42.4 Å². The second-order valence-corrected chi connectivity index (χ2v) is 5.97. The van der Waals surface area contributed by atoms with E-state index >= 15 is 0 Å². The fourth-order valence-corrected chi connectivity index (χ4v) is 3.65. The van der Waals surface area contributed by atoms with Crippen LogP contribution in [0.2, 0.25) is 0 Å². The van der Waals surface area contributed by atoms with E-state index in [-0.39, 0.29) is 6.10 Å². The number of aliphatic hydroxyl groups excluding tert-OH is 1. The van der Waals surface area contributed by atoms with E-state index in [0.717, 1.165) is 47.0 Å². The summed E-state index contributed by atoms with van der Waals surface area (Å²) in [6.07, 6.45) is 3.41. The van der Waals surface area contributed by atoms with Crippen molar-refractivity contribution in [2.75, 3.05) is 7.11 Å². The number of thiazole rings is 1. The van der Waals surface area contributed by atoms with Gasteiger partial charge in [-0.15, -0.1) is 11.3 Å². The third-order valence-electron chi connectivity index (χ3n) is 3.46. The molecule has 0 amide bonds. The van der Waals surface area contributed by atoms with E-state index in [1.165, 1.54) is 5.56 Å². The van der Waals surface area contributed by atoms with Crippen LogP contribution in [0.5, 0.6) is 5.75 Å². The highest BCUT2D eigenvalue weighted by Gasteiger charge is 2.22. The predicted octanol–water partition coefficient (Wildman–Crippen LogP) is 3.11. The third-order valence-corrected chi connectivity index (χ3v) is 4.65. The van der Waals surface area contributed by atoms with Gasteiger partial charge in [0, 0.05) is 6.42 Å². The van der Waals surface area contributed by atoms with Gasteiger partial charge < -0.3 is 9.84 Å². The Morgan fingerprint density at radius 3 is 3.16 bits per heavy atom. The number of ether oxygens (including phenoxy) is 1. The summed E-state index contributed by atoms with van der Waals surface area (Å²) >= 11 is 1.65. The molecule has 1 aliphatic carbocycles. The molecule has 1 aliphatic rings. The maximum Gasteiger partial charge on any atom is 0.119 e. The fraction of sp³-hybridized carbons (Fsp3) is 0.400. The minimum Gasteiger partial charge on any atom is -0.497 e. The number of hydrogen-bond acceptors (Lipinski definition) is 4. The Morgan fingerprint density at radius 2 is 2.37 bits per heavy atom. The van der Waals surface area contributed by atoms with Crippen molar-refractivity contribution in [1.82, 2.24) is 4.98 Å². The van der Waals surface area contributed by atoms with E-state index in [1.54, 1.807) is 18.4 Å². The van der Waals surface area contributed by atoms with Crippen molar-refractivity contribution in [2.24, 2.45) is 0 Å². The van der Waals surface area contributed by atoms with Gasteiger partial charge in [0.2, 0.25) is 0 Å². The summed E-state index contributed by atoms with van der Waals surface area (Å²) in [7, 11) is 1.68. The highest BCUT2D eigenvalue weighted by atomic mass is 32.1. The van der Waals surface area contributed by atoms with Crippen molar-refractivity contribution in [1.29, 1.82) is 0 Å². The summed E-state index contributed by atoms with van der Waals surface area (Å²) in [5.41, 5.74) is 2.29. The number of methoxy groups -OCH3 is 1. The smallest absolute Gasteiger partial charge is 0.119 e. The number of aromatic nitrogens is 1. The van der Waals surface area contributed by atoms with Crippen molar-refractivity contribution >= 4 is 11.3 Å². The Balaban J connectivity index is 1.83. The number of rotatable bonds is 3. The number of benzene rings is 1. The number of fused-ring (bicyclic) bond motifs is 1. The lowest BCUT2D eigenvalue weighted by Gasteiger charge is -2.14. The second kappa shape index (κ2) is 5.31. The van der Waals surface area contributed by atoms with Gasteiger partial charge in [-0.1, -0.05) is 12.1 Å². The van der Waals surface area contributed by atoms with Crippen LogP contribution < -0.4 is 4.74 Å². The lowest BCUT2D eigenvalue weighted by molar-refractivity contribution is 0.160. The summed E-state index contributed by atoms with van der Waals surface area (Å²) in [5, 5.41) is 11.1. The summed E-state index contributed by atoms with van der Waals surface area (Å²) in [5.74, 6) is 0.874. The minimum absolute atomic E-state index is 0.305. The lowest BCUT2D eigenvalue weighted by atomic mass is 10.0. The number of aliphatic hydroxyl groups is 1. The molecule has 0 saturated heterocycles. The molecule has 1 N–H and O–H groups in total. The van der Waals surface area contributed by atoms with Gasteiger partial charge in [-0.3, -0.25) is 0 Å². The molecule has 0 fully saturated rings. The zero-order valence-corrected chi connectivity index (χ0v) is 11.7. The zero-order chi connectivity index (χ0) is 13.2. The molecule has 2 aromatic rings. The highest BCUT2D eigenvalue weighted by Crippen LogP contribution is 2.34. The first-order chi connectivity index (χ1) is 9.26. The van der Waals surface area contributed by atoms with E-state index < -0.39 is 0 Å². The minimum atomic E-state index is -0.305. The van der Waals surface area contributed by atoms with E-state index in [4.69, 9.17) is 4.74 Å². The first kappa shape index (κ1) is 12.6. The van der Waals surface area contributed by atoms with E-state index in [9.17, 15) is 5.11 Å². The monoisotopic (exact) mass is 275 g/mol. The molecule has 100 valence electrons. The Hall–Kier alpha value is -1.39. The van der Waals surface area contributed by atoms with Crippen LogP contribution in [-0.2, 0) is 12.8 Å². The Kier molecular flexibility index (Phi) is 3.53. The number of hydrogen-bond donors (Lipinski definition) is 1. The van der Waals surface area contributed by atoms with E-state index in [1.807, 2.05) is 18.2 Å². The lowest BCUT2D eigenvalue weighted by Crippen LogP contribution is -2.06. The molecular formula is C15H17NO2S. The first-order valence-corrected chi connectivity index (χ1v) is 7.37. The van der Waals surface area contributed by atoms with Crippen molar-refractivity contribution in [2.45, 2.75) is 31.8 Å². The van der Waals surface area contributed by atoms with Crippen LogP contribution >= 0.6 is 11.3 Å². The molecule has 1 aromatic heterocycles. The summed E-state index contributed by atoms with van der Waals surface area (Å²) in [6, 6.07) is 8.06. The van der Waals surface area contributed by atoms with Gasteiger partial charge >= 0.3 is 0 Å². The van der Waals surface area contributed by atoms with Gasteiger partial charge in [0.25, 0.3) is 0 Å². The molecule has 0 radical (unpaired) electrons. The van der Waals surface area contributed by atoms with Gasteiger partial charge in [-0.05, 0) is 37.0 Å². The maximum absolute atomic E-state index is 9.97. The fourth-order valence-electron chi connectivity index (χ4n) is 2.48. The number of aryl methyl sites for hydroxylation is 1. The van der Waals surface area contributed by atoms with Gasteiger partial charge in [-0.25, -0.2) is 4.98 Å². The average Bonchev–Trinajstić information content (AvgIpc) is 2.83. The molecule has 1 aromatic carbocycles. The Bertz CT molecular complexity index is 579. The van der Waals surface area contributed by atoms with Crippen LogP contribution in [0.1, 0.15) is 40.1 Å². The molecule has 19 heavy (non-hydrogen) atoms. The number of nitrogens with zero attached hydrogens (tertiary/aromatic N) is 1. The summed E-state index contributed by atoms with van der Waals surface area (Å²) < 4.78 is 5.23. The van der Waals surface area contributed by atoms with Crippen LogP contribution in [0.15, 0.2) is 24.3 Å². The molecule has 3 nitrogen and oxygen atoms in total. The van der Waals surface area contributed by atoms with Crippen molar-refractivity contribution in [3.8, 4) is 5.75 Å². The molecule has 1 heterocycles. The Labute approximate surface area is 116 Å². The summed E-state index contributed by atoms with van der Waals surface area (Å²) in [4.78, 5) is 5.74. The largest absolute Gasteiger partial charge is 0.497 e. The van der Waals surface area contributed by atoms with Crippen molar-refractivity contribution < 1.29 is 9.84 Å². The molecule has 3 rings (SSSR count). The van der Waals surface area contributed by atoms with Gasteiger partial charge in [0.05, 0.1) is 28.8 Å². The standard InChI is InChI=1S/C15H17NO2S/c1-18-11-5-2-4-10(8-11)9-14-16-12-6-3-7-13(17)15(12)19-14/h2,4-5,8,13,17H,3,6-7,9H2,1H3.